The van der Waals surface area contributed by atoms with Crippen LogP contribution in [0.15, 0.2) is 12.3 Å². The Morgan fingerprint density at radius 3 is 2.50 bits per heavy atom. The molecule has 1 N–H and O–H groups in total. The van der Waals surface area contributed by atoms with Crippen molar-refractivity contribution in [2.24, 2.45) is 16.7 Å². The summed E-state index contributed by atoms with van der Waals surface area (Å²) in [6.45, 7) is 12.9. The predicted octanol–water partition coefficient (Wildman–Crippen LogP) is 2.92. The standard InChI is InChI=1S/C25H38N6O/c1-24(2)12-18(13-25(3,4)16-24)27-22(32)17-14-30(15-17)23-19-7-10-29(5)11-8-20(19)28-21-6-9-26-31(21)23/h6,9,17-18H,7-8,10-16H2,1-5H3,(H,27,32). The molecule has 0 radical (unpaired) electrons. The molecule has 2 aromatic heterocycles. The first kappa shape index (κ1) is 21.7. The molecule has 0 bridgehead atoms. The average Bonchev–Trinajstić information content (AvgIpc) is 3.01. The molecule has 7 heteroatoms. The third-order valence-electron chi connectivity index (χ3n) is 7.62. The van der Waals surface area contributed by atoms with E-state index in [1.54, 1.807) is 0 Å². The number of nitrogens with one attached hydrogen (secondary N) is 1. The Labute approximate surface area is 191 Å². The summed E-state index contributed by atoms with van der Waals surface area (Å²) in [4.78, 5) is 22.7. The van der Waals surface area contributed by atoms with E-state index in [9.17, 15) is 4.79 Å². The number of nitrogens with zero attached hydrogens (tertiary/aromatic N) is 5. The predicted molar refractivity (Wildman–Crippen MR) is 127 cm³/mol. The maximum atomic E-state index is 13.1. The summed E-state index contributed by atoms with van der Waals surface area (Å²) < 4.78 is 1.98. The number of likely N-dealkylation sites (N-methyl/N-ethyl adjacent to an activating group) is 1. The number of amides is 1. The van der Waals surface area contributed by atoms with E-state index in [4.69, 9.17) is 4.98 Å². The molecule has 4 heterocycles. The van der Waals surface area contributed by atoms with Crippen LogP contribution in [0.2, 0.25) is 0 Å². The lowest BCUT2D eigenvalue weighted by molar-refractivity contribution is -0.127. The fraction of sp³-hybridized carbons (Fsp3) is 0.720. The summed E-state index contributed by atoms with van der Waals surface area (Å²) >= 11 is 0. The van der Waals surface area contributed by atoms with Gasteiger partial charge in [0.25, 0.3) is 0 Å². The number of carbonyl (C=O) groups excluding carboxylic acids is 1. The maximum Gasteiger partial charge on any atom is 0.226 e. The van der Waals surface area contributed by atoms with E-state index in [1.165, 1.54) is 17.7 Å². The minimum Gasteiger partial charge on any atom is -0.354 e. The van der Waals surface area contributed by atoms with E-state index in [1.807, 2.05) is 16.8 Å². The molecule has 174 valence electrons. The van der Waals surface area contributed by atoms with Crippen molar-refractivity contribution in [3.63, 3.8) is 0 Å². The molecule has 1 saturated heterocycles. The van der Waals surface area contributed by atoms with Crippen molar-refractivity contribution >= 4 is 17.4 Å². The molecule has 32 heavy (non-hydrogen) atoms. The fourth-order valence-electron chi connectivity index (χ4n) is 6.59. The molecular formula is C25H38N6O. The number of hydrogen-bond donors (Lipinski definition) is 1. The van der Waals surface area contributed by atoms with Crippen LogP contribution in [0.3, 0.4) is 0 Å². The van der Waals surface area contributed by atoms with Crippen LogP contribution in [0.4, 0.5) is 5.82 Å². The Balaban J connectivity index is 1.31. The van der Waals surface area contributed by atoms with Gasteiger partial charge in [-0.3, -0.25) is 4.79 Å². The van der Waals surface area contributed by atoms with Gasteiger partial charge in [0.1, 0.15) is 5.82 Å². The lowest BCUT2D eigenvalue weighted by Crippen LogP contribution is -2.57. The van der Waals surface area contributed by atoms with E-state index in [0.717, 1.165) is 63.3 Å². The SMILES string of the molecule is CN1CCc2nc3ccnn3c(N3CC(C(=O)NC4CC(C)(C)CC(C)(C)C4)C3)c2CC1. The molecule has 1 amide bonds. The molecular weight excluding hydrogens is 400 g/mol. The van der Waals surface area contributed by atoms with E-state index in [-0.39, 0.29) is 28.7 Å². The van der Waals surface area contributed by atoms with Crippen molar-refractivity contribution in [3.8, 4) is 0 Å². The smallest absolute Gasteiger partial charge is 0.226 e. The largest absolute Gasteiger partial charge is 0.354 e. The number of rotatable bonds is 3. The second-order valence-electron chi connectivity index (χ2n) is 12.0. The molecule has 1 aliphatic carbocycles. The van der Waals surface area contributed by atoms with Crippen LogP contribution in [-0.2, 0) is 17.6 Å². The van der Waals surface area contributed by atoms with Crippen LogP contribution in [0.25, 0.3) is 5.65 Å². The van der Waals surface area contributed by atoms with E-state index >= 15 is 0 Å². The monoisotopic (exact) mass is 438 g/mol. The highest BCUT2D eigenvalue weighted by molar-refractivity contribution is 5.82. The zero-order valence-corrected chi connectivity index (χ0v) is 20.3. The Morgan fingerprint density at radius 1 is 1.09 bits per heavy atom. The molecule has 0 spiro atoms. The molecule has 2 aromatic rings. The summed E-state index contributed by atoms with van der Waals surface area (Å²) in [5.41, 5.74) is 3.96. The summed E-state index contributed by atoms with van der Waals surface area (Å²) in [6.07, 6.45) is 7.12. The number of anilines is 1. The van der Waals surface area contributed by atoms with Gasteiger partial charge < -0.3 is 15.1 Å². The summed E-state index contributed by atoms with van der Waals surface area (Å²) in [6, 6.07) is 2.26. The van der Waals surface area contributed by atoms with Gasteiger partial charge in [0.15, 0.2) is 5.65 Å². The zero-order chi connectivity index (χ0) is 22.7. The molecule has 1 saturated carbocycles. The maximum absolute atomic E-state index is 13.1. The third kappa shape index (κ3) is 4.12. The minimum atomic E-state index is 0.0473. The number of aromatic nitrogens is 3. The van der Waals surface area contributed by atoms with Gasteiger partial charge in [0, 0.05) is 50.3 Å². The molecule has 0 aromatic carbocycles. The topological polar surface area (TPSA) is 65.8 Å². The summed E-state index contributed by atoms with van der Waals surface area (Å²) in [7, 11) is 2.18. The van der Waals surface area contributed by atoms with Crippen LogP contribution < -0.4 is 10.2 Å². The third-order valence-corrected chi connectivity index (χ3v) is 7.62. The van der Waals surface area contributed by atoms with Gasteiger partial charge in [-0.05, 0) is 43.6 Å². The zero-order valence-electron chi connectivity index (χ0n) is 20.3. The quantitative estimate of drug-likeness (QED) is 0.798. The molecule has 5 rings (SSSR count). The van der Waals surface area contributed by atoms with Crippen LogP contribution in [0.5, 0.6) is 0 Å². The van der Waals surface area contributed by atoms with Gasteiger partial charge in [-0.25, -0.2) is 4.98 Å². The molecule has 0 unspecified atom stereocenters. The highest BCUT2D eigenvalue weighted by Gasteiger charge is 2.41. The van der Waals surface area contributed by atoms with Gasteiger partial charge in [-0.15, -0.1) is 0 Å². The van der Waals surface area contributed by atoms with Gasteiger partial charge in [-0.2, -0.15) is 9.61 Å². The normalized spacial score (nSPS) is 24.1. The van der Waals surface area contributed by atoms with Gasteiger partial charge in [0.05, 0.1) is 17.8 Å². The molecule has 2 aliphatic heterocycles. The summed E-state index contributed by atoms with van der Waals surface area (Å²) in [5.74, 6) is 1.41. The molecule has 3 aliphatic rings. The van der Waals surface area contributed by atoms with E-state index in [2.05, 4.69) is 55.0 Å². The Hall–Kier alpha value is -2.15. The molecule has 2 fully saturated rings. The molecule has 7 nitrogen and oxygen atoms in total. The highest BCUT2D eigenvalue weighted by atomic mass is 16.2. The van der Waals surface area contributed by atoms with Crippen LogP contribution in [0.1, 0.15) is 58.2 Å². The lowest BCUT2D eigenvalue weighted by atomic mass is 9.63. The van der Waals surface area contributed by atoms with Crippen LogP contribution in [0, 0.1) is 16.7 Å². The minimum absolute atomic E-state index is 0.0473. The first-order valence-electron chi connectivity index (χ1n) is 12.2. The van der Waals surface area contributed by atoms with Crippen molar-refractivity contribution < 1.29 is 4.79 Å². The second-order valence-corrected chi connectivity index (χ2v) is 12.0. The number of carbonyl (C=O) groups is 1. The average molecular weight is 439 g/mol. The second kappa shape index (κ2) is 7.72. The summed E-state index contributed by atoms with van der Waals surface area (Å²) in [5, 5.41) is 7.98. The Kier molecular flexibility index (Phi) is 5.23. The van der Waals surface area contributed by atoms with Crippen molar-refractivity contribution in [3.05, 3.63) is 23.5 Å². The first-order chi connectivity index (χ1) is 15.1. The Morgan fingerprint density at radius 2 is 1.78 bits per heavy atom. The van der Waals surface area contributed by atoms with E-state index in [0.29, 0.717) is 0 Å². The fourth-order valence-corrected chi connectivity index (χ4v) is 6.59. The van der Waals surface area contributed by atoms with Crippen molar-refractivity contribution in [2.75, 3.05) is 38.1 Å². The van der Waals surface area contributed by atoms with Gasteiger partial charge in [0.2, 0.25) is 5.91 Å². The number of hydrogen-bond acceptors (Lipinski definition) is 5. The van der Waals surface area contributed by atoms with E-state index < -0.39 is 0 Å². The van der Waals surface area contributed by atoms with Gasteiger partial charge >= 0.3 is 0 Å². The molecule has 0 atom stereocenters. The number of fused-ring (bicyclic) bond motifs is 2. The Bertz CT molecular complexity index is 1000. The van der Waals surface area contributed by atoms with Crippen molar-refractivity contribution in [1.29, 1.82) is 0 Å². The van der Waals surface area contributed by atoms with Crippen molar-refractivity contribution in [1.82, 2.24) is 24.8 Å². The highest BCUT2D eigenvalue weighted by Crippen LogP contribution is 2.45. The van der Waals surface area contributed by atoms with Crippen molar-refractivity contribution in [2.45, 2.75) is 65.8 Å². The van der Waals surface area contributed by atoms with Crippen LogP contribution in [-0.4, -0.2) is 64.7 Å². The lowest BCUT2D eigenvalue weighted by Gasteiger charge is -2.46. The first-order valence-corrected chi connectivity index (χ1v) is 12.2. The van der Waals surface area contributed by atoms with Gasteiger partial charge in [-0.1, -0.05) is 27.7 Å². The van der Waals surface area contributed by atoms with Crippen LogP contribution >= 0.6 is 0 Å².